The molecule has 4 N–H and O–H groups in total. The summed E-state index contributed by atoms with van der Waals surface area (Å²) in [6, 6.07) is 0. The molecule has 2 aromatic rings. The summed E-state index contributed by atoms with van der Waals surface area (Å²) in [5, 5.41) is 0. The largest absolute Gasteiger partial charge is 0.299 e. The van der Waals surface area contributed by atoms with Crippen LogP contribution in [0.5, 0.6) is 0 Å². The Morgan fingerprint density at radius 1 is 1.21 bits per heavy atom. The number of hydrogen-bond acceptors (Lipinski definition) is 6. The highest BCUT2D eigenvalue weighted by molar-refractivity contribution is 9.09. The molecule has 0 atom stereocenters. The first-order chi connectivity index (χ1) is 6.57. The average Bonchev–Trinajstić information content (AvgIpc) is 2.16. The summed E-state index contributed by atoms with van der Waals surface area (Å²) in [4.78, 5) is 16.0. The van der Waals surface area contributed by atoms with Crippen molar-refractivity contribution < 1.29 is 0 Å². The van der Waals surface area contributed by atoms with E-state index in [0.29, 0.717) is 16.9 Å². The lowest BCUT2D eigenvalue weighted by Crippen LogP contribution is -2.40. The van der Waals surface area contributed by atoms with E-state index in [-0.39, 0.29) is 0 Å². The molecule has 0 saturated heterocycles. The van der Waals surface area contributed by atoms with E-state index in [0.717, 1.165) is 0 Å². The average molecular weight is 255 g/mol. The number of hydrogen-bond donors (Lipinski definition) is 2. The minimum atomic E-state index is -1.18. The zero-order valence-corrected chi connectivity index (χ0v) is 8.64. The second kappa shape index (κ2) is 3.19. The molecule has 0 aliphatic carbocycles. The summed E-state index contributed by atoms with van der Waals surface area (Å²) in [5.74, 6) is 0. The molecule has 0 spiro atoms. The number of halogens is 1. The van der Waals surface area contributed by atoms with E-state index in [1.165, 1.54) is 12.5 Å². The number of nitrogens with zero attached hydrogens (tertiary/aromatic N) is 4. The molecule has 0 fully saturated rings. The number of fused-ring (bicyclic) bond motifs is 1. The van der Waals surface area contributed by atoms with Gasteiger partial charge in [0.15, 0.2) is 10.2 Å². The van der Waals surface area contributed by atoms with E-state index < -0.39 is 4.57 Å². The van der Waals surface area contributed by atoms with Gasteiger partial charge in [0.1, 0.15) is 17.5 Å². The number of aromatic nitrogens is 4. The lowest BCUT2D eigenvalue weighted by molar-refractivity contribution is 0.685. The van der Waals surface area contributed by atoms with Crippen molar-refractivity contribution in [1.82, 2.24) is 19.9 Å². The molecule has 2 heterocycles. The van der Waals surface area contributed by atoms with Crippen LogP contribution < -0.4 is 11.5 Å². The summed E-state index contributed by atoms with van der Waals surface area (Å²) in [6.45, 7) is 0. The lowest BCUT2D eigenvalue weighted by atomic mass is 10.3. The normalized spacial score (nSPS) is 11.9. The Bertz CT molecular complexity index is 465. The van der Waals surface area contributed by atoms with Gasteiger partial charge in [0.25, 0.3) is 0 Å². The van der Waals surface area contributed by atoms with Crippen LogP contribution in [0.3, 0.4) is 0 Å². The van der Waals surface area contributed by atoms with Gasteiger partial charge >= 0.3 is 0 Å². The summed E-state index contributed by atoms with van der Waals surface area (Å²) in [7, 11) is 0. The molecule has 14 heavy (non-hydrogen) atoms. The molecule has 2 aromatic heterocycles. The second-order valence-electron chi connectivity index (χ2n) is 2.75. The second-order valence-corrected chi connectivity index (χ2v) is 4.07. The van der Waals surface area contributed by atoms with Gasteiger partial charge in [-0.05, 0) is 15.9 Å². The minimum absolute atomic E-state index is 0.430. The monoisotopic (exact) mass is 254 g/mol. The van der Waals surface area contributed by atoms with Crippen LogP contribution >= 0.6 is 15.9 Å². The first-order valence-corrected chi connectivity index (χ1v) is 4.56. The first kappa shape index (κ1) is 9.38. The maximum absolute atomic E-state index is 5.60. The zero-order chi connectivity index (χ0) is 10.2. The van der Waals surface area contributed by atoms with Crippen molar-refractivity contribution in [2.75, 3.05) is 0 Å². The molecule has 0 bridgehead atoms. The Kier molecular flexibility index (Phi) is 2.14. The minimum Gasteiger partial charge on any atom is -0.299 e. The van der Waals surface area contributed by atoms with Crippen molar-refractivity contribution in [3.63, 3.8) is 0 Å². The van der Waals surface area contributed by atoms with E-state index in [2.05, 4.69) is 35.9 Å². The van der Waals surface area contributed by atoms with Crippen LogP contribution in [0, 0.1) is 0 Å². The number of rotatable bonds is 1. The van der Waals surface area contributed by atoms with Gasteiger partial charge in [0.2, 0.25) is 0 Å². The van der Waals surface area contributed by atoms with Gasteiger partial charge in [-0.3, -0.25) is 11.5 Å². The van der Waals surface area contributed by atoms with Gasteiger partial charge in [0, 0.05) is 0 Å². The smallest absolute Gasteiger partial charge is 0.181 e. The highest BCUT2D eigenvalue weighted by Gasteiger charge is 2.19. The first-order valence-electron chi connectivity index (χ1n) is 3.77. The maximum atomic E-state index is 5.60. The summed E-state index contributed by atoms with van der Waals surface area (Å²) in [6.07, 6.45) is 4.44. The van der Waals surface area contributed by atoms with Gasteiger partial charge in [-0.15, -0.1) is 0 Å². The van der Waals surface area contributed by atoms with Crippen LogP contribution in [0.15, 0.2) is 18.7 Å². The molecule has 0 unspecified atom stereocenters. The van der Waals surface area contributed by atoms with E-state index >= 15 is 0 Å². The molecular weight excluding hydrogens is 248 g/mol. The predicted molar refractivity (Wildman–Crippen MR) is 54.1 cm³/mol. The fourth-order valence-corrected chi connectivity index (χ4v) is 1.15. The third kappa shape index (κ3) is 1.69. The van der Waals surface area contributed by atoms with Crippen LogP contribution in [0.25, 0.3) is 11.2 Å². The molecule has 0 saturated carbocycles. The van der Waals surface area contributed by atoms with E-state index in [1.54, 1.807) is 6.20 Å². The quantitative estimate of drug-likeness (QED) is 0.417. The van der Waals surface area contributed by atoms with Crippen molar-refractivity contribution >= 4 is 27.1 Å². The van der Waals surface area contributed by atoms with Crippen molar-refractivity contribution in [2.45, 2.75) is 4.57 Å². The summed E-state index contributed by atoms with van der Waals surface area (Å²) < 4.78 is -1.18. The molecule has 72 valence electrons. The molecule has 0 radical (unpaired) electrons. The van der Waals surface area contributed by atoms with Crippen molar-refractivity contribution in [3.8, 4) is 0 Å². The highest BCUT2D eigenvalue weighted by atomic mass is 79.9. The lowest BCUT2D eigenvalue weighted by Gasteiger charge is -2.14. The molecule has 7 heteroatoms. The molecule has 2 rings (SSSR count). The third-order valence-corrected chi connectivity index (χ3v) is 2.02. The molecule has 0 amide bonds. The Morgan fingerprint density at radius 2 is 2.00 bits per heavy atom. The molecular formula is C7H7BrN6. The van der Waals surface area contributed by atoms with Crippen molar-refractivity contribution in [3.05, 3.63) is 24.4 Å². The van der Waals surface area contributed by atoms with Crippen molar-refractivity contribution in [2.24, 2.45) is 11.5 Å². The van der Waals surface area contributed by atoms with Crippen LogP contribution in [-0.2, 0) is 4.57 Å². The van der Waals surface area contributed by atoms with Gasteiger partial charge < -0.3 is 0 Å². The van der Waals surface area contributed by atoms with Crippen LogP contribution in [0.2, 0.25) is 0 Å². The zero-order valence-electron chi connectivity index (χ0n) is 7.05. The molecule has 0 aliphatic heterocycles. The predicted octanol–water partition coefficient (Wildman–Crippen LogP) is -0.158. The van der Waals surface area contributed by atoms with Gasteiger partial charge in [0.05, 0.1) is 12.4 Å². The highest BCUT2D eigenvalue weighted by Crippen LogP contribution is 2.17. The fourth-order valence-electron chi connectivity index (χ4n) is 0.960. The topological polar surface area (TPSA) is 104 Å². The Hall–Kier alpha value is -1.18. The molecule has 6 nitrogen and oxygen atoms in total. The Labute approximate surface area is 87.9 Å². The Morgan fingerprint density at radius 3 is 2.71 bits per heavy atom. The standard InChI is InChI=1S/C7H7BrN6/c8-7(9,10)5-2-12-6-4(14-5)1-11-3-13-6/h1-3H,9-10H2. The van der Waals surface area contributed by atoms with Crippen molar-refractivity contribution in [1.29, 1.82) is 0 Å². The van der Waals surface area contributed by atoms with Crippen LogP contribution in [0.4, 0.5) is 0 Å². The number of alkyl halides is 1. The van der Waals surface area contributed by atoms with Crippen LogP contribution in [-0.4, -0.2) is 19.9 Å². The van der Waals surface area contributed by atoms with E-state index in [4.69, 9.17) is 11.5 Å². The van der Waals surface area contributed by atoms with E-state index in [9.17, 15) is 0 Å². The Balaban J connectivity index is 2.63. The third-order valence-electron chi connectivity index (χ3n) is 1.62. The summed E-state index contributed by atoms with van der Waals surface area (Å²) >= 11 is 3.08. The summed E-state index contributed by atoms with van der Waals surface area (Å²) in [5.41, 5.74) is 12.7. The maximum Gasteiger partial charge on any atom is 0.181 e. The number of nitrogens with two attached hydrogens (primary N) is 2. The SMILES string of the molecule is NC(N)(Br)c1cnc2ncncc2n1. The van der Waals surface area contributed by atoms with E-state index in [1.807, 2.05) is 0 Å². The van der Waals surface area contributed by atoms with Gasteiger partial charge in [-0.2, -0.15) is 0 Å². The fraction of sp³-hybridized carbons (Fsp3) is 0.143. The van der Waals surface area contributed by atoms with Gasteiger partial charge in [-0.1, -0.05) is 0 Å². The van der Waals surface area contributed by atoms with Crippen LogP contribution in [0.1, 0.15) is 5.69 Å². The molecule has 0 aliphatic rings. The molecule has 0 aromatic carbocycles. The van der Waals surface area contributed by atoms with Gasteiger partial charge in [-0.25, -0.2) is 19.9 Å².